The number of ether oxygens (including phenoxy) is 1. The Balaban J connectivity index is 1.89. The summed E-state index contributed by atoms with van der Waals surface area (Å²) in [5.74, 6) is -2.16. The highest BCUT2D eigenvalue weighted by Crippen LogP contribution is 2.16. The van der Waals surface area contributed by atoms with Gasteiger partial charge in [-0.25, -0.2) is 9.18 Å². The topological polar surface area (TPSA) is 55.4 Å². The van der Waals surface area contributed by atoms with Gasteiger partial charge in [-0.15, -0.1) is 0 Å². The van der Waals surface area contributed by atoms with Crippen LogP contribution in [0.3, 0.4) is 0 Å². The molecule has 1 unspecified atom stereocenters. The Morgan fingerprint density at radius 1 is 1.20 bits per heavy atom. The van der Waals surface area contributed by atoms with Gasteiger partial charge >= 0.3 is 5.97 Å². The van der Waals surface area contributed by atoms with E-state index in [9.17, 15) is 14.0 Å². The van der Waals surface area contributed by atoms with Crippen molar-refractivity contribution in [2.45, 2.75) is 26.3 Å². The van der Waals surface area contributed by atoms with Crippen molar-refractivity contribution < 1.29 is 18.7 Å². The van der Waals surface area contributed by atoms with Gasteiger partial charge in [-0.05, 0) is 42.7 Å². The van der Waals surface area contributed by atoms with E-state index in [0.29, 0.717) is 0 Å². The predicted octanol–water partition coefficient (Wildman–Crippen LogP) is 4.08. The number of amides is 1. The summed E-state index contributed by atoms with van der Waals surface area (Å²) in [6.07, 6.45) is 0.942. The molecular formula is C19H19ClFNO3. The van der Waals surface area contributed by atoms with Crippen molar-refractivity contribution in [2.24, 2.45) is 0 Å². The van der Waals surface area contributed by atoms with Gasteiger partial charge < -0.3 is 10.1 Å². The zero-order valence-electron chi connectivity index (χ0n) is 14.0. The Hall–Kier alpha value is -2.40. The third-order valence-corrected chi connectivity index (χ3v) is 3.98. The molecule has 2 rings (SSSR count). The lowest BCUT2D eigenvalue weighted by molar-refractivity contribution is -0.124. The Morgan fingerprint density at radius 2 is 1.88 bits per heavy atom. The maximum absolute atomic E-state index is 13.6. The molecule has 1 atom stereocenters. The van der Waals surface area contributed by atoms with Crippen molar-refractivity contribution >= 4 is 23.5 Å². The monoisotopic (exact) mass is 363 g/mol. The molecule has 6 heteroatoms. The molecule has 0 radical (unpaired) electrons. The zero-order valence-corrected chi connectivity index (χ0v) is 14.8. The fraction of sp³-hybridized carbons (Fsp3) is 0.263. The third kappa shape index (κ3) is 5.29. The molecule has 0 bridgehead atoms. The van der Waals surface area contributed by atoms with Crippen molar-refractivity contribution in [3.05, 3.63) is 70.0 Å². The smallest absolute Gasteiger partial charge is 0.341 e. The first kappa shape index (κ1) is 18.9. The fourth-order valence-corrected chi connectivity index (χ4v) is 2.44. The SMILES string of the molecule is CCc1ccc(C(C)NC(=O)COC(=O)c2cc(Cl)ccc2F)cc1. The van der Waals surface area contributed by atoms with E-state index in [0.717, 1.165) is 24.1 Å². The molecule has 25 heavy (non-hydrogen) atoms. The second-order valence-electron chi connectivity index (χ2n) is 5.58. The molecule has 2 aromatic carbocycles. The number of hydrogen-bond acceptors (Lipinski definition) is 3. The van der Waals surface area contributed by atoms with Gasteiger partial charge in [-0.1, -0.05) is 42.8 Å². The van der Waals surface area contributed by atoms with Crippen molar-refractivity contribution in [1.29, 1.82) is 0 Å². The van der Waals surface area contributed by atoms with E-state index in [1.807, 2.05) is 31.2 Å². The predicted molar refractivity (Wildman–Crippen MR) is 94.1 cm³/mol. The number of carbonyl (C=O) groups is 2. The van der Waals surface area contributed by atoms with Gasteiger partial charge in [-0.3, -0.25) is 4.79 Å². The molecule has 0 saturated heterocycles. The largest absolute Gasteiger partial charge is 0.452 e. The van der Waals surface area contributed by atoms with Crippen molar-refractivity contribution in [3.63, 3.8) is 0 Å². The summed E-state index contributed by atoms with van der Waals surface area (Å²) < 4.78 is 18.4. The number of rotatable bonds is 6. The Morgan fingerprint density at radius 3 is 2.52 bits per heavy atom. The van der Waals surface area contributed by atoms with Crippen LogP contribution >= 0.6 is 11.6 Å². The Bertz CT molecular complexity index is 762. The maximum Gasteiger partial charge on any atom is 0.341 e. The highest BCUT2D eigenvalue weighted by molar-refractivity contribution is 6.30. The maximum atomic E-state index is 13.6. The van der Waals surface area contributed by atoms with Gasteiger partial charge in [0, 0.05) is 5.02 Å². The molecule has 0 aliphatic carbocycles. The summed E-state index contributed by atoms with van der Waals surface area (Å²) in [4.78, 5) is 23.8. The van der Waals surface area contributed by atoms with Crippen LogP contribution in [0.1, 0.15) is 41.4 Å². The van der Waals surface area contributed by atoms with Crippen LogP contribution in [0.2, 0.25) is 5.02 Å². The lowest BCUT2D eigenvalue weighted by Crippen LogP contribution is -2.31. The van der Waals surface area contributed by atoms with Crippen LogP contribution in [0.15, 0.2) is 42.5 Å². The van der Waals surface area contributed by atoms with E-state index in [-0.39, 0.29) is 16.6 Å². The number of esters is 1. The van der Waals surface area contributed by atoms with Gasteiger partial charge in [0.15, 0.2) is 6.61 Å². The molecule has 132 valence electrons. The summed E-state index contributed by atoms with van der Waals surface area (Å²) in [6.45, 7) is 3.40. The van der Waals surface area contributed by atoms with Gasteiger partial charge in [0.05, 0.1) is 11.6 Å². The minimum Gasteiger partial charge on any atom is -0.452 e. The van der Waals surface area contributed by atoms with E-state index >= 15 is 0 Å². The molecule has 1 N–H and O–H groups in total. The number of hydrogen-bond donors (Lipinski definition) is 1. The standard InChI is InChI=1S/C19H19ClFNO3/c1-3-13-4-6-14(7-5-13)12(2)22-18(23)11-25-19(24)16-10-15(20)8-9-17(16)21/h4-10,12H,3,11H2,1-2H3,(H,22,23). The average Bonchev–Trinajstić information content (AvgIpc) is 2.61. The molecule has 0 spiro atoms. The van der Waals surface area contributed by atoms with Crippen molar-refractivity contribution in [1.82, 2.24) is 5.32 Å². The first-order chi connectivity index (χ1) is 11.9. The van der Waals surface area contributed by atoms with Crippen LogP contribution in [-0.4, -0.2) is 18.5 Å². The van der Waals surface area contributed by atoms with Gasteiger partial charge in [0.1, 0.15) is 5.82 Å². The second-order valence-corrected chi connectivity index (χ2v) is 6.02. The molecule has 0 aromatic heterocycles. The number of halogens is 2. The van der Waals surface area contributed by atoms with Crippen LogP contribution in [-0.2, 0) is 16.0 Å². The van der Waals surface area contributed by atoms with Gasteiger partial charge in [0.2, 0.25) is 0 Å². The van der Waals surface area contributed by atoms with Crippen LogP contribution in [0, 0.1) is 5.82 Å². The molecule has 1 amide bonds. The van der Waals surface area contributed by atoms with Crippen LogP contribution in [0.25, 0.3) is 0 Å². The Labute approximate surface area is 150 Å². The van der Waals surface area contributed by atoms with E-state index in [4.69, 9.17) is 16.3 Å². The van der Waals surface area contributed by atoms with E-state index in [1.54, 1.807) is 0 Å². The summed E-state index contributed by atoms with van der Waals surface area (Å²) in [7, 11) is 0. The molecule has 0 saturated carbocycles. The van der Waals surface area contributed by atoms with Crippen LogP contribution < -0.4 is 5.32 Å². The quantitative estimate of drug-likeness (QED) is 0.787. The van der Waals surface area contributed by atoms with Crippen LogP contribution in [0.4, 0.5) is 4.39 Å². The number of nitrogens with one attached hydrogen (secondary N) is 1. The highest BCUT2D eigenvalue weighted by Gasteiger charge is 2.16. The summed E-state index contributed by atoms with van der Waals surface area (Å²) in [5, 5.41) is 2.94. The average molecular weight is 364 g/mol. The number of benzene rings is 2. The fourth-order valence-electron chi connectivity index (χ4n) is 2.27. The van der Waals surface area contributed by atoms with Gasteiger partial charge in [-0.2, -0.15) is 0 Å². The third-order valence-electron chi connectivity index (χ3n) is 3.75. The molecule has 0 aliphatic heterocycles. The lowest BCUT2D eigenvalue weighted by Gasteiger charge is -2.15. The summed E-state index contributed by atoms with van der Waals surface area (Å²) >= 11 is 5.73. The molecule has 0 heterocycles. The lowest BCUT2D eigenvalue weighted by atomic mass is 10.1. The molecule has 4 nitrogen and oxygen atoms in total. The summed E-state index contributed by atoms with van der Waals surface area (Å²) in [5.41, 5.74) is 1.85. The first-order valence-electron chi connectivity index (χ1n) is 7.91. The normalized spacial score (nSPS) is 11.7. The Kier molecular flexibility index (Phi) is 6.53. The van der Waals surface area contributed by atoms with E-state index in [1.165, 1.54) is 11.6 Å². The molecule has 0 fully saturated rings. The molecule has 2 aromatic rings. The second kappa shape index (κ2) is 8.62. The number of carbonyl (C=O) groups excluding carboxylic acids is 2. The van der Waals surface area contributed by atoms with E-state index in [2.05, 4.69) is 12.2 Å². The van der Waals surface area contributed by atoms with Crippen molar-refractivity contribution in [2.75, 3.05) is 6.61 Å². The van der Waals surface area contributed by atoms with E-state index < -0.39 is 24.3 Å². The minimum atomic E-state index is -0.935. The van der Waals surface area contributed by atoms with Crippen molar-refractivity contribution in [3.8, 4) is 0 Å². The minimum absolute atomic E-state index is 0.210. The molecule has 0 aliphatic rings. The molecular weight excluding hydrogens is 345 g/mol. The van der Waals surface area contributed by atoms with Gasteiger partial charge in [0.25, 0.3) is 5.91 Å². The van der Waals surface area contributed by atoms with Crippen LogP contribution in [0.5, 0.6) is 0 Å². The number of aryl methyl sites for hydroxylation is 1. The first-order valence-corrected chi connectivity index (χ1v) is 8.29. The highest BCUT2D eigenvalue weighted by atomic mass is 35.5. The zero-order chi connectivity index (χ0) is 18.4. The summed E-state index contributed by atoms with van der Waals surface area (Å²) in [6, 6.07) is 11.2.